The molecule has 1 aliphatic rings. The molecule has 1 aromatic rings. The lowest BCUT2D eigenvalue weighted by molar-refractivity contribution is 0.145. The summed E-state index contributed by atoms with van der Waals surface area (Å²) in [6.45, 7) is 4.47. The molecular weight excluding hydrogens is 236 g/mol. The van der Waals surface area contributed by atoms with E-state index < -0.39 is 6.43 Å². The zero-order valence-corrected chi connectivity index (χ0v) is 10.8. The number of nitrogen functional groups attached to an aromatic ring is 1. The van der Waals surface area contributed by atoms with Gasteiger partial charge < -0.3 is 5.73 Å². The highest BCUT2D eigenvalue weighted by Gasteiger charge is 2.29. The molecular formula is C13H19F2N3. The van der Waals surface area contributed by atoms with Crippen molar-refractivity contribution in [1.82, 2.24) is 9.97 Å². The number of alkyl halides is 2. The molecule has 3 nitrogen and oxygen atoms in total. The first-order chi connectivity index (χ1) is 8.39. The highest BCUT2D eigenvalue weighted by molar-refractivity contribution is 5.41. The lowest BCUT2D eigenvalue weighted by Crippen LogP contribution is -2.21. The van der Waals surface area contributed by atoms with E-state index in [0.717, 1.165) is 25.7 Å². The van der Waals surface area contributed by atoms with Crippen molar-refractivity contribution in [2.24, 2.45) is 5.41 Å². The first kappa shape index (κ1) is 13.2. The molecule has 0 aromatic carbocycles. The van der Waals surface area contributed by atoms with Crippen molar-refractivity contribution in [2.75, 3.05) is 5.73 Å². The summed E-state index contributed by atoms with van der Waals surface area (Å²) in [5.74, 6) is 0.714. The number of hydrogen-bond donors (Lipinski definition) is 1. The molecule has 0 bridgehead atoms. The van der Waals surface area contributed by atoms with Gasteiger partial charge in [-0.1, -0.05) is 13.8 Å². The summed E-state index contributed by atoms with van der Waals surface area (Å²) in [5.41, 5.74) is 5.45. The molecule has 1 saturated carbocycles. The van der Waals surface area contributed by atoms with Crippen LogP contribution < -0.4 is 5.73 Å². The molecule has 100 valence electrons. The summed E-state index contributed by atoms with van der Waals surface area (Å²) in [4.78, 5) is 8.08. The van der Waals surface area contributed by atoms with E-state index in [1.165, 1.54) is 6.20 Å². The number of anilines is 1. The van der Waals surface area contributed by atoms with Crippen molar-refractivity contribution in [1.29, 1.82) is 0 Å². The maximum atomic E-state index is 12.7. The summed E-state index contributed by atoms with van der Waals surface area (Å²) in [5, 5.41) is 0. The van der Waals surface area contributed by atoms with Gasteiger partial charge in [-0.2, -0.15) is 0 Å². The molecule has 1 aromatic heterocycles. The van der Waals surface area contributed by atoms with E-state index in [1.807, 2.05) is 0 Å². The van der Waals surface area contributed by atoms with Gasteiger partial charge in [-0.25, -0.2) is 18.7 Å². The second-order valence-corrected chi connectivity index (χ2v) is 5.81. The third-order valence-electron chi connectivity index (χ3n) is 3.78. The van der Waals surface area contributed by atoms with Gasteiger partial charge in [0, 0.05) is 5.92 Å². The summed E-state index contributed by atoms with van der Waals surface area (Å²) in [6.07, 6.45) is 2.75. The van der Waals surface area contributed by atoms with Crippen LogP contribution in [0.15, 0.2) is 6.20 Å². The third kappa shape index (κ3) is 2.76. The van der Waals surface area contributed by atoms with Crippen LogP contribution in [0.1, 0.15) is 63.4 Å². The Morgan fingerprint density at radius 3 is 2.50 bits per heavy atom. The number of rotatable bonds is 2. The molecule has 2 rings (SSSR count). The van der Waals surface area contributed by atoms with Gasteiger partial charge in [-0.05, 0) is 31.1 Å². The van der Waals surface area contributed by atoms with Crippen molar-refractivity contribution in [3.8, 4) is 0 Å². The lowest BCUT2D eigenvalue weighted by atomic mass is 9.73. The van der Waals surface area contributed by atoms with Gasteiger partial charge in [-0.15, -0.1) is 0 Å². The minimum atomic E-state index is -2.63. The van der Waals surface area contributed by atoms with Gasteiger partial charge in [0.25, 0.3) is 6.43 Å². The number of nitrogens with two attached hydrogens (primary N) is 1. The average Bonchev–Trinajstić information content (AvgIpc) is 2.30. The summed E-state index contributed by atoms with van der Waals surface area (Å²) < 4.78 is 25.5. The minimum Gasteiger partial charge on any atom is -0.396 e. The molecule has 0 saturated heterocycles. The summed E-state index contributed by atoms with van der Waals surface area (Å²) in [7, 11) is 0. The molecule has 0 atom stereocenters. The fourth-order valence-electron chi connectivity index (χ4n) is 2.45. The van der Waals surface area contributed by atoms with Gasteiger partial charge in [0.2, 0.25) is 0 Å². The van der Waals surface area contributed by atoms with Crippen LogP contribution in [-0.4, -0.2) is 9.97 Å². The Hall–Kier alpha value is -1.26. The average molecular weight is 255 g/mol. The summed E-state index contributed by atoms with van der Waals surface area (Å²) in [6, 6.07) is 0. The maximum Gasteiger partial charge on any atom is 0.282 e. The molecule has 1 aliphatic carbocycles. The lowest BCUT2D eigenvalue weighted by Gasteiger charge is -2.33. The van der Waals surface area contributed by atoms with Crippen LogP contribution in [0.5, 0.6) is 0 Å². The van der Waals surface area contributed by atoms with E-state index in [1.54, 1.807) is 0 Å². The molecule has 0 spiro atoms. The zero-order chi connectivity index (χ0) is 13.3. The zero-order valence-electron chi connectivity index (χ0n) is 10.8. The normalized spacial score (nSPS) is 20.3. The molecule has 0 amide bonds. The van der Waals surface area contributed by atoms with Crippen LogP contribution in [0.4, 0.5) is 14.5 Å². The third-order valence-corrected chi connectivity index (χ3v) is 3.78. The van der Waals surface area contributed by atoms with Gasteiger partial charge >= 0.3 is 0 Å². The van der Waals surface area contributed by atoms with E-state index in [4.69, 9.17) is 5.73 Å². The molecule has 1 fully saturated rings. The van der Waals surface area contributed by atoms with E-state index >= 15 is 0 Å². The van der Waals surface area contributed by atoms with Crippen LogP contribution in [0.2, 0.25) is 0 Å². The Kier molecular flexibility index (Phi) is 3.50. The van der Waals surface area contributed by atoms with Crippen molar-refractivity contribution in [3.63, 3.8) is 0 Å². The molecule has 1 heterocycles. The number of aromatic nitrogens is 2. The topological polar surface area (TPSA) is 51.8 Å². The van der Waals surface area contributed by atoms with E-state index in [0.29, 0.717) is 11.2 Å². The minimum absolute atomic E-state index is 0.0233. The Morgan fingerprint density at radius 1 is 1.33 bits per heavy atom. The van der Waals surface area contributed by atoms with Crippen molar-refractivity contribution in [3.05, 3.63) is 17.7 Å². The number of nitrogens with zero attached hydrogens (tertiary/aromatic N) is 2. The molecule has 2 N–H and O–H groups in total. The summed E-state index contributed by atoms with van der Waals surface area (Å²) >= 11 is 0. The van der Waals surface area contributed by atoms with Gasteiger partial charge in [0.15, 0.2) is 0 Å². The standard InChI is InChI=1S/C13H19F2N3/c1-13(2)5-3-8(4-6-13)12-17-7-9(16)10(18-12)11(14)15/h7-8,11H,3-6,16H2,1-2H3. The molecule has 0 aliphatic heterocycles. The van der Waals surface area contributed by atoms with Crippen molar-refractivity contribution < 1.29 is 8.78 Å². The van der Waals surface area contributed by atoms with Crippen molar-refractivity contribution in [2.45, 2.75) is 51.9 Å². The van der Waals surface area contributed by atoms with E-state index in [-0.39, 0.29) is 17.3 Å². The Labute approximate surface area is 106 Å². The van der Waals surface area contributed by atoms with Crippen molar-refractivity contribution >= 4 is 5.69 Å². The monoisotopic (exact) mass is 255 g/mol. The quantitative estimate of drug-likeness (QED) is 0.877. The fraction of sp³-hybridized carbons (Fsp3) is 0.692. The number of hydrogen-bond acceptors (Lipinski definition) is 3. The Bertz CT molecular complexity index is 422. The Balaban J connectivity index is 2.17. The van der Waals surface area contributed by atoms with Crippen LogP contribution in [-0.2, 0) is 0 Å². The second kappa shape index (κ2) is 4.78. The fourth-order valence-corrected chi connectivity index (χ4v) is 2.45. The molecule has 0 unspecified atom stereocenters. The highest BCUT2D eigenvalue weighted by atomic mass is 19.3. The van der Waals surface area contributed by atoms with E-state index in [2.05, 4.69) is 23.8 Å². The van der Waals surface area contributed by atoms with Gasteiger partial charge in [-0.3, -0.25) is 0 Å². The largest absolute Gasteiger partial charge is 0.396 e. The van der Waals surface area contributed by atoms with Gasteiger partial charge in [0.1, 0.15) is 11.5 Å². The second-order valence-electron chi connectivity index (χ2n) is 5.81. The predicted octanol–water partition coefficient (Wildman–Crippen LogP) is 3.68. The SMILES string of the molecule is CC1(C)CCC(c2ncc(N)c(C(F)F)n2)CC1. The predicted molar refractivity (Wildman–Crippen MR) is 66.4 cm³/mol. The maximum absolute atomic E-state index is 12.7. The van der Waals surface area contributed by atoms with Gasteiger partial charge in [0.05, 0.1) is 11.9 Å². The number of halogens is 2. The van der Waals surface area contributed by atoms with Crippen LogP contribution in [0.25, 0.3) is 0 Å². The molecule has 0 radical (unpaired) electrons. The smallest absolute Gasteiger partial charge is 0.282 e. The molecule has 18 heavy (non-hydrogen) atoms. The first-order valence-electron chi connectivity index (χ1n) is 6.29. The van der Waals surface area contributed by atoms with E-state index in [9.17, 15) is 8.78 Å². The Morgan fingerprint density at radius 2 is 1.94 bits per heavy atom. The van der Waals surface area contributed by atoms with Crippen LogP contribution >= 0.6 is 0 Å². The highest BCUT2D eigenvalue weighted by Crippen LogP contribution is 2.41. The van der Waals surface area contributed by atoms with Crippen LogP contribution in [0, 0.1) is 5.41 Å². The van der Waals surface area contributed by atoms with Crippen LogP contribution in [0.3, 0.4) is 0 Å². The first-order valence-corrected chi connectivity index (χ1v) is 6.29. The molecule has 5 heteroatoms.